The molecule has 0 atom stereocenters. The molecule has 0 spiro atoms. The minimum absolute atomic E-state index is 0.0108. The lowest BCUT2D eigenvalue weighted by Gasteiger charge is -2.32. The van der Waals surface area contributed by atoms with Crippen LogP contribution in [-0.2, 0) is 12.0 Å². The number of piperidine rings is 1. The van der Waals surface area contributed by atoms with Crippen molar-refractivity contribution in [3.63, 3.8) is 0 Å². The number of hydrogen-bond donors (Lipinski definition) is 0. The van der Waals surface area contributed by atoms with Crippen LogP contribution >= 0.6 is 0 Å². The highest BCUT2D eigenvalue weighted by atomic mass is 16.2. The van der Waals surface area contributed by atoms with Gasteiger partial charge in [-0.05, 0) is 25.7 Å². The van der Waals surface area contributed by atoms with Gasteiger partial charge in [-0.15, -0.1) is 0 Å². The van der Waals surface area contributed by atoms with Crippen molar-refractivity contribution in [3.8, 4) is 0 Å². The molecule has 0 unspecified atom stereocenters. The molecule has 3 rings (SSSR count). The van der Waals surface area contributed by atoms with E-state index in [0.29, 0.717) is 31.2 Å². The third-order valence-electron chi connectivity index (χ3n) is 5.00. The molecule has 1 fully saturated rings. The highest BCUT2D eigenvalue weighted by molar-refractivity contribution is 5.92. The van der Waals surface area contributed by atoms with Crippen molar-refractivity contribution in [3.05, 3.63) is 52.2 Å². The van der Waals surface area contributed by atoms with Crippen molar-refractivity contribution in [2.45, 2.75) is 52.5 Å². The summed E-state index contributed by atoms with van der Waals surface area (Å²) in [5.74, 6) is 0.285. The third kappa shape index (κ3) is 4.59. The van der Waals surface area contributed by atoms with Gasteiger partial charge in [-0.3, -0.25) is 19.1 Å². The van der Waals surface area contributed by atoms with Crippen LogP contribution in [0.15, 0.2) is 29.6 Å². The lowest BCUT2D eigenvalue weighted by atomic mass is 9.92. The van der Waals surface area contributed by atoms with Gasteiger partial charge < -0.3 is 4.90 Å². The van der Waals surface area contributed by atoms with Gasteiger partial charge >= 0.3 is 0 Å². The molecule has 3 heterocycles. The van der Waals surface area contributed by atoms with Crippen LogP contribution in [0.25, 0.3) is 0 Å². The van der Waals surface area contributed by atoms with E-state index < -0.39 is 0 Å². The van der Waals surface area contributed by atoms with Crippen LogP contribution in [0.1, 0.15) is 55.5 Å². The molecule has 0 aromatic carbocycles. The topological polar surface area (TPSA) is 81.0 Å². The van der Waals surface area contributed by atoms with Gasteiger partial charge in [0, 0.05) is 37.3 Å². The highest BCUT2D eigenvalue weighted by Crippen LogP contribution is 2.21. The standard InChI is InChI=1S/C20H27N5O2/c1-14-10-22-16(11-21-14)19(27)24-7-5-15(6-8-24)12-25-13-23-17(9-18(25)26)20(2,3)4/h9-11,13,15H,5-8,12H2,1-4H3. The third-order valence-corrected chi connectivity index (χ3v) is 5.00. The lowest BCUT2D eigenvalue weighted by Crippen LogP contribution is -2.40. The maximum Gasteiger partial charge on any atom is 0.274 e. The minimum Gasteiger partial charge on any atom is -0.337 e. The Balaban J connectivity index is 1.59. The van der Waals surface area contributed by atoms with E-state index in [9.17, 15) is 9.59 Å². The number of rotatable bonds is 3. The van der Waals surface area contributed by atoms with Gasteiger partial charge in [0.15, 0.2) is 0 Å². The van der Waals surface area contributed by atoms with Crippen molar-refractivity contribution < 1.29 is 4.79 Å². The van der Waals surface area contributed by atoms with Crippen LogP contribution in [0.5, 0.6) is 0 Å². The molecule has 1 amide bonds. The van der Waals surface area contributed by atoms with E-state index in [1.807, 2.05) is 32.6 Å². The zero-order chi connectivity index (χ0) is 19.6. The second-order valence-electron chi connectivity index (χ2n) is 8.29. The molecule has 7 nitrogen and oxygen atoms in total. The van der Waals surface area contributed by atoms with Gasteiger partial charge in [-0.2, -0.15) is 0 Å². The molecule has 2 aromatic heterocycles. The van der Waals surface area contributed by atoms with Crippen LogP contribution in [-0.4, -0.2) is 43.4 Å². The van der Waals surface area contributed by atoms with Gasteiger partial charge in [0.25, 0.3) is 11.5 Å². The van der Waals surface area contributed by atoms with E-state index in [0.717, 1.165) is 24.2 Å². The summed E-state index contributed by atoms with van der Waals surface area (Å²) in [6, 6.07) is 1.63. The van der Waals surface area contributed by atoms with Gasteiger partial charge in [0.1, 0.15) is 5.69 Å². The molecule has 2 aromatic rings. The smallest absolute Gasteiger partial charge is 0.274 e. The Hall–Kier alpha value is -2.57. The molecule has 1 saturated heterocycles. The normalized spacial score (nSPS) is 15.8. The Kier molecular flexibility index (Phi) is 5.39. The van der Waals surface area contributed by atoms with Gasteiger partial charge in [0.05, 0.1) is 23.9 Å². The molecular formula is C20H27N5O2. The summed E-state index contributed by atoms with van der Waals surface area (Å²) in [5.41, 5.74) is 1.84. The molecular weight excluding hydrogens is 342 g/mol. The number of nitrogens with zero attached hydrogens (tertiary/aromatic N) is 5. The van der Waals surface area contributed by atoms with E-state index in [4.69, 9.17) is 0 Å². The SMILES string of the molecule is Cc1cnc(C(=O)N2CCC(Cn3cnc(C(C)(C)C)cc3=O)CC2)cn1. The number of aryl methyl sites for hydroxylation is 1. The Morgan fingerprint density at radius 1 is 1.15 bits per heavy atom. The van der Waals surface area contributed by atoms with Gasteiger partial charge in [-0.25, -0.2) is 9.97 Å². The summed E-state index contributed by atoms with van der Waals surface area (Å²) in [7, 11) is 0. The van der Waals surface area contributed by atoms with E-state index in [-0.39, 0.29) is 16.9 Å². The first-order chi connectivity index (χ1) is 12.7. The lowest BCUT2D eigenvalue weighted by molar-refractivity contribution is 0.0675. The fourth-order valence-corrected chi connectivity index (χ4v) is 3.24. The Morgan fingerprint density at radius 2 is 1.85 bits per heavy atom. The first-order valence-corrected chi connectivity index (χ1v) is 9.39. The maximum absolute atomic E-state index is 12.5. The van der Waals surface area contributed by atoms with Gasteiger partial charge in [-0.1, -0.05) is 20.8 Å². The van der Waals surface area contributed by atoms with E-state index in [1.54, 1.807) is 23.2 Å². The monoisotopic (exact) mass is 369 g/mol. The Bertz CT molecular complexity index is 859. The van der Waals surface area contributed by atoms with Crippen LogP contribution in [0.3, 0.4) is 0 Å². The number of hydrogen-bond acceptors (Lipinski definition) is 5. The molecule has 0 aliphatic carbocycles. The van der Waals surface area contributed by atoms with Crippen LogP contribution in [0.4, 0.5) is 0 Å². The first-order valence-electron chi connectivity index (χ1n) is 9.39. The predicted octanol–water partition coefficient (Wildman–Crippen LogP) is 2.19. The number of amides is 1. The summed E-state index contributed by atoms with van der Waals surface area (Å²) in [6.45, 7) is 9.96. The molecule has 0 N–H and O–H groups in total. The summed E-state index contributed by atoms with van der Waals surface area (Å²) >= 11 is 0. The summed E-state index contributed by atoms with van der Waals surface area (Å²) in [6.07, 6.45) is 6.52. The fraction of sp³-hybridized carbons (Fsp3) is 0.550. The van der Waals surface area contributed by atoms with Crippen LogP contribution in [0.2, 0.25) is 0 Å². The number of carbonyl (C=O) groups excluding carboxylic acids is 1. The summed E-state index contributed by atoms with van der Waals surface area (Å²) in [5, 5.41) is 0. The zero-order valence-electron chi connectivity index (χ0n) is 16.5. The van der Waals surface area contributed by atoms with Crippen molar-refractivity contribution in [1.82, 2.24) is 24.4 Å². The minimum atomic E-state index is -0.136. The first kappa shape index (κ1) is 19.2. The van der Waals surface area contributed by atoms with E-state index in [1.165, 1.54) is 6.20 Å². The number of likely N-dealkylation sites (tertiary alicyclic amines) is 1. The van der Waals surface area contributed by atoms with E-state index >= 15 is 0 Å². The average molecular weight is 369 g/mol. The largest absolute Gasteiger partial charge is 0.337 e. The molecule has 0 saturated carbocycles. The maximum atomic E-state index is 12.5. The average Bonchev–Trinajstić information content (AvgIpc) is 2.63. The summed E-state index contributed by atoms with van der Waals surface area (Å²) < 4.78 is 1.68. The van der Waals surface area contributed by atoms with Crippen molar-refractivity contribution in [2.75, 3.05) is 13.1 Å². The Labute approximate surface area is 159 Å². The molecule has 27 heavy (non-hydrogen) atoms. The molecule has 1 aliphatic rings. The van der Waals surface area contributed by atoms with Crippen molar-refractivity contribution in [2.24, 2.45) is 5.92 Å². The quantitative estimate of drug-likeness (QED) is 0.828. The number of carbonyl (C=O) groups is 1. The van der Waals surface area contributed by atoms with Gasteiger partial charge in [0.2, 0.25) is 0 Å². The van der Waals surface area contributed by atoms with Crippen molar-refractivity contribution >= 4 is 5.91 Å². The highest BCUT2D eigenvalue weighted by Gasteiger charge is 2.25. The predicted molar refractivity (Wildman–Crippen MR) is 103 cm³/mol. The molecule has 144 valence electrons. The number of aromatic nitrogens is 4. The van der Waals surface area contributed by atoms with Crippen molar-refractivity contribution in [1.29, 1.82) is 0 Å². The second-order valence-corrected chi connectivity index (χ2v) is 8.29. The second kappa shape index (κ2) is 7.58. The Morgan fingerprint density at radius 3 is 2.41 bits per heavy atom. The fourth-order valence-electron chi connectivity index (χ4n) is 3.24. The molecule has 0 radical (unpaired) electrons. The molecule has 7 heteroatoms. The van der Waals surface area contributed by atoms with Crippen LogP contribution in [0, 0.1) is 12.8 Å². The molecule has 0 bridgehead atoms. The van der Waals surface area contributed by atoms with Crippen LogP contribution < -0.4 is 5.56 Å². The molecule has 1 aliphatic heterocycles. The summed E-state index contributed by atoms with van der Waals surface area (Å²) in [4.78, 5) is 39.5. The van der Waals surface area contributed by atoms with E-state index in [2.05, 4.69) is 15.0 Å². The zero-order valence-corrected chi connectivity index (χ0v) is 16.5.